The molecule has 156 valence electrons. The average molecular weight is 470 g/mol. The summed E-state index contributed by atoms with van der Waals surface area (Å²) in [6.45, 7) is 33.0. The molecule has 0 saturated heterocycles. The van der Waals surface area contributed by atoms with Gasteiger partial charge in [-0.25, -0.2) is 9.05 Å². The molecule has 0 rings (SSSR count). The van der Waals surface area contributed by atoms with Gasteiger partial charge in [0, 0.05) is 4.57 Å². The third-order valence-corrected chi connectivity index (χ3v) is 15.5. The summed E-state index contributed by atoms with van der Waals surface area (Å²) in [7, 11) is -10.1. The summed E-state index contributed by atoms with van der Waals surface area (Å²) in [5, 5.41) is 1.50. The molecule has 0 heterocycles. The fraction of sp³-hybridized carbons (Fsp3) is 0.400. The second-order valence-corrected chi connectivity index (χ2v) is 27.5. The molecule has 0 aromatic rings. The minimum atomic E-state index is -2.35. The molecule has 0 fully saturated rings. The molecule has 8 heteroatoms. The van der Waals surface area contributed by atoms with E-state index >= 15 is 0 Å². The second-order valence-electron chi connectivity index (χ2n) is 9.33. The highest BCUT2D eigenvalue weighted by Crippen LogP contribution is 2.38. The minimum Gasteiger partial charge on any atom is -0.233 e. The average Bonchev–Trinajstić information content (AvgIpc) is 2.60. The van der Waals surface area contributed by atoms with E-state index in [0.717, 1.165) is 10.8 Å². The summed E-state index contributed by atoms with van der Waals surface area (Å²) in [4.78, 5) is 0. The van der Waals surface area contributed by atoms with E-state index in [1.165, 1.54) is 0 Å². The third kappa shape index (κ3) is 8.57. The fourth-order valence-electron chi connectivity index (χ4n) is 1.83. The van der Waals surface area contributed by atoms with E-state index in [9.17, 15) is 4.57 Å². The van der Waals surface area contributed by atoms with Crippen LogP contribution >= 0.6 is 8.25 Å². The van der Waals surface area contributed by atoms with Crippen molar-refractivity contribution in [3.63, 3.8) is 0 Å². The van der Waals surface area contributed by atoms with Crippen molar-refractivity contribution in [2.24, 2.45) is 0 Å². The zero-order chi connectivity index (χ0) is 22.4. The van der Waals surface area contributed by atoms with Crippen molar-refractivity contribution in [3.8, 4) is 0 Å². The zero-order valence-corrected chi connectivity index (χ0v) is 23.9. The van der Waals surface area contributed by atoms with Crippen molar-refractivity contribution >= 4 is 40.6 Å². The van der Waals surface area contributed by atoms with Crippen LogP contribution in [-0.2, 0) is 13.6 Å². The van der Waals surface area contributed by atoms with E-state index < -0.39 is 40.6 Å². The lowest BCUT2D eigenvalue weighted by Crippen LogP contribution is -2.32. The molecule has 3 nitrogen and oxygen atoms in total. The molecule has 28 heavy (non-hydrogen) atoms. The Labute approximate surface area is 177 Å². The fourth-order valence-corrected chi connectivity index (χ4v) is 12.1. The van der Waals surface area contributed by atoms with Crippen LogP contribution in [0, 0.1) is 0 Å². The smallest absolute Gasteiger partial charge is 0.233 e. The largest absolute Gasteiger partial charge is 0.803 e. The van der Waals surface area contributed by atoms with Crippen molar-refractivity contribution in [2.75, 3.05) is 0 Å². The van der Waals surface area contributed by atoms with Crippen LogP contribution in [0.2, 0.25) is 52.4 Å². The first-order chi connectivity index (χ1) is 12.6. The number of hydrogen-bond acceptors (Lipinski definition) is 3. The molecule has 0 spiro atoms. The molecule has 0 saturated carbocycles. The number of hydrogen-bond donors (Lipinski definition) is 0. The van der Waals surface area contributed by atoms with Crippen molar-refractivity contribution in [3.05, 3.63) is 71.3 Å². The maximum atomic E-state index is 12.9. The van der Waals surface area contributed by atoms with Crippen LogP contribution in [0.25, 0.3) is 0 Å². The second kappa shape index (κ2) is 10.2. The molecule has 0 aliphatic heterocycles. The summed E-state index contributed by atoms with van der Waals surface area (Å²) >= 11 is 0. The van der Waals surface area contributed by atoms with Gasteiger partial charge in [-0.05, 0) is 0 Å². The van der Waals surface area contributed by atoms with Gasteiger partial charge >= 0.3 is 8.25 Å². The lowest BCUT2D eigenvalue weighted by atomic mass is 11.1. The Balaban J connectivity index is 5.97. The van der Waals surface area contributed by atoms with Gasteiger partial charge < -0.3 is 0 Å². The Morgan fingerprint density at radius 3 is 1.14 bits per heavy atom. The monoisotopic (exact) mass is 469 g/mol. The maximum Gasteiger partial charge on any atom is 0.803 e. The van der Waals surface area contributed by atoms with Crippen molar-refractivity contribution in [2.45, 2.75) is 52.4 Å². The van der Waals surface area contributed by atoms with E-state index in [4.69, 9.17) is 9.05 Å². The minimum absolute atomic E-state index is 0.748. The first-order valence-electron chi connectivity index (χ1n) is 9.40. The first kappa shape index (κ1) is 27.0. The van der Waals surface area contributed by atoms with E-state index in [2.05, 4.69) is 90.1 Å². The summed E-state index contributed by atoms with van der Waals surface area (Å²) in [5.74, 6) is 0. The van der Waals surface area contributed by atoms with E-state index in [-0.39, 0.29) is 0 Å². The van der Waals surface area contributed by atoms with Gasteiger partial charge in [0.2, 0.25) is 0 Å². The standard InChI is InChI=1S/C20H38O3PSi4/c1-13-25(5,6)17-19(27(9,10)15-3)22-24(21)23-20(28(11,12)16-4)18-26(7,8)14-2/h13-18H,1-4H2,5-12H3/q+1. The van der Waals surface area contributed by atoms with Gasteiger partial charge in [0.05, 0.1) is 16.1 Å². The Hall–Kier alpha value is -0.992. The molecule has 0 radical (unpaired) electrons. The molecule has 0 bridgehead atoms. The Morgan fingerprint density at radius 1 is 0.643 bits per heavy atom. The molecule has 0 aromatic carbocycles. The van der Waals surface area contributed by atoms with E-state index in [0.29, 0.717) is 0 Å². The van der Waals surface area contributed by atoms with Crippen LogP contribution in [0.5, 0.6) is 0 Å². The lowest BCUT2D eigenvalue weighted by molar-refractivity contribution is 0.338. The van der Waals surface area contributed by atoms with Crippen LogP contribution in [0.4, 0.5) is 0 Å². The zero-order valence-electron chi connectivity index (χ0n) is 19.0. The Morgan fingerprint density at radius 2 is 0.929 bits per heavy atom. The summed E-state index contributed by atoms with van der Waals surface area (Å²) in [5.41, 5.74) is 12.1. The highest BCUT2D eigenvalue weighted by molar-refractivity contribution is 7.34. The lowest BCUT2D eigenvalue weighted by Gasteiger charge is -2.22. The normalized spacial score (nSPS) is 14.8. The highest BCUT2D eigenvalue weighted by Gasteiger charge is 2.40. The van der Waals surface area contributed by atoms with Gasteiger partial charge in [-0.15, -0.1) is 26.3 Å². The Bertz CT molecular complexity index is 646. The maximum absolute atomic E-state index is 12.9. The number of rotatable bonds is 12. The van der Waals surface area contributed by atoms with Crippen LogP contribution < -0.4 is 0 Å². The third-order valence-electron chi connectivity index (χ3n) is 4.69. The highest BCUT2D eigenvalue weighted by atomic mass is 31.1. The molecule has 0 amide bonds. The van der Waals surface area contributed by atoms with Crippen LogP contribution in [0.1, 0.15) is 0 Å². The Kier molecular flexibility index (Phi) is 9.80. The quantitative estimate of drug-likeness (QED) is 0.170. The van der Waals surface area contributed by atoms with Crippen molar-refractivity contribution in [1.82, 2.24) is 0 Å². The summed E-state index contributed by atoms with van der Waals surface area (Å²) in [6.07, 6.45) is 0. The molecule has 0 N–H and O–H groups in total. The van der Waals surface area contributed by atoms with Gasteiger partial charge in [0.15, 0.2) is 16.1 Å². The molecule has 0 atom stereocenters. The van der Waals surface area contributed by atoms with Crippen LogP contribution in [0.15, 0.2) is 71.3 Å². The van der Waals surface area contributed by atoms with E-state index in [1.807, 2.05) is 22.8 Å². The van der Waals surface area contributed by atoms with Gasteiger partial charge in [0.25, 0.3) is 0 Å². The van der Waals surface area contributed by atoms with Crippen molar-refractivity contribution in [1.29, 1.82) is 0 Å². The van der Waals surface area contributed by atoms with E-state index in [1.54, 1.807) is 0 Å². The van der Waals surface area contributed by atoms with Gasteiger partial charge in [0.1, 0.15) is 10.8 Å². The molecular formula is C20H38O3PSi4+. The predicted molar refractivity (Wildman–Crippen MR) is 137 cm³/mol. The molecule has 0 aliphatic rings. The molecule has 0 aliphatic carbocycles. The van der Waals surface area contributed by atoms with Crippen LogP contribution in [0.3, 0.4) is 0 Å². The summed E-state index contributed by atoms with van der Waals surface area (Å²) < 4.78 is 24.8. The molecular weight excluding hydrogens is 432 g/mol. The molecule has 0 unspecified atom stereocenters. The topological polar surface area (TPSA) is 35.5 Å². The summed E-state index contributed by atoms with van der Waals surface area (Å²) in [6, 6.07) is 0. The molecule has 0 aromatic heterocycles. The predicted octanol–water partition coefficient (Wildman–Crippen LogP) is 7.34. The van der Waals surface area contributed by atoms with Gasteiger partial charge in [-0.3, -0.25) is 0 Å². The van der Waals surface area contributed by atoms with Gasteiger partial charge in [-0.1, -0.05) is 86.6 Å². The van der Waals surface area contributed by atoms with Crippen molar-refractivity contribution < 1.29 is 13.6 Å². The van der Waals surface area contributed by atoms with Gasteiger partial charge in [-0.2, -0.15) is 0 Å². The first-order valence-corrected chi connectivity index (χ1v) is 23.0. The van der Waals surface area contributed by atoms with Crippen LogP contribution in [-0.4, -0.2) is 32.3 Å². The SMILES string of the molecule is C=C[Si](C)(C)C=C(O[P+](=O)OC(=C[Si](C)(C)C=C)[Si](C)(C)C=C)[Si](C)(C)C=C.